The lowest BCUT2D eigenvalue weighted by molar-refractivity contribution is 0.0673. The molecule has 0 saturated carbocycles. The van der Waals surface area contributed by atoms with Crippen LogP contribution in [0.2, 0.25) is 0 Å². The SMILES string of the molecule is CN(C)CCOCC1CN(Cc2nccs2)Cc2ccnn2C1. The van der Waals surface area contributed by atoms with Crippen LogP contribution < -0.4 is 0 Å². The maximum absolute atomic E-state index is 5.89. The van der Waals surface area contributed by atoms with E-state index in [-0.39, 0.29) is 0 Å². The monoisotopic (exact) mass is 335 g/mol. The first-order chi connectivity index (χ1) is 11.2. The van der Waals surface area contributed by atoms with Gasteiger partial charge in [0, 0.05) is 49.9 Å². The number of thiazole rings is 1. The Morgan fingerprint density at radius 1 is 1.35 bits per heavy atom. The molecule has 1 unspecified atom stereocenters. The third-order valence-corrected chi connectivity index (χ3v) is 4.78. The molecule has 2 aromatic heterocycles. The highest BCUT2D eigenvalue weighted by molar-refractivity contribution is 7.09. The van der Waals surface area contributed by atoms with Crippen LogP contribution in [0.15, 0.2) is 23.8 Å². The Morgan fingerprint density at radius 3 is 3.04 bits per heavy atom. The molecule has 0 radical (unpaired) electrons. The summed E-state index contributed by atoms with van der Waals surface area (Å²) < 4.78 is 8.02. The molecular formula is C16H25N5OS. The van der Waals surface area contributed by atoms with Crippen LogP contribution in [0.3, 0.4) is 0 Å². The Hall–Kier alpha value is -1.28. The van der Waals surface area contributed by atoms with Crippen LogP contribution in [-0.4, -0.2) is 65.0 Å². The van der Waals surface area contributed by atoms with Crippen LogP contribution >= 0.6 is 11.3 Å². The molecule has 0 aliphatic carbocycles. The number of ether oxygens (including phenoxy) is 1. The van der Waals surface area contributed by atoms with E-state index in [2.05, 4.69) is 44.7 Å². The zero-order chi connectivity index (χ0) is 16.1. The summed E-state index contributed by atoms with van der Waals surface area (Å²) in [6.07, 6.45) is 3.77. The van der Waals surface area contributed by atoms with Gasteiger partial charge in [-0.3, -0.25) is 9.58 Å². The fourth-order valence-corrected chi connectivity index (χ4v) is 3.52. The van der Waals surface area contributed by atoms with Crippen LogP contribution in [0.5, 0.6) is 0 Å². The van der Waals surface area contributed by atoms with Gasteiger partial charge in [0.25, 0.3) is 0 Å². The minimum absolute atomic E-state index is 0.457. The number of nitrogens with zero attached hydrogens (tertiary/aromatic N) is 5. The molecule has 3 rings (SSSR count). The standard InChI is InChI=1S/C16H25N5OS/c1-19(2)6-7-22-13-14-9-20(12-16-17-5-8-23-16)11-15-3-4-18-21(15)10-14/h3-5,8,14H,6-7,9-13H2,1-2H3. The fourth-order valence-electron chi connectivity index (χ4n) is 2.87. The smallest absolute Gasteiger partial charge is 0.107 e. The van der Waals surface area contributed by atoms with E-state index in [9.17, 15) is 0 Å². The van der Waals surface area contributed by atoms with Crippen LogP contribution in [0.4, 0.5) is 0 Å². The molecule has 126 valence electrons. The summed E-state index contributed by atoms with van der Waals surface area (Å²) in [5.74, 6) is 0.457. The van der Waals surface area contributed by atoms with Crippen molar-refractivity contribution in [2.75, 3.05) is 40.4 Å². The Morgan fingerprint density at radius 2 is 2.26 bits per heavy atom. The summed E-state index contributed by atoms with van der Waals surface area (Å²) in [4.78, 5) is 9.03. The first-order valence-corrected chi connectivity index (χ1v) is 8.92. The van der Waals surface area contributed by atoms with Gasteiger partial charge < -0.3 is 9.64 Å². The van der Waals surface area contributed by atoms with E-state index in [0.717, 1.165) is 45.9 Å². The molecule has 0 N–H and O–H groups in total. The molecule has 0 fully saturated rings. The van der Waals surface area contributed by atoms with E-state index in [0.29, 0.717) is 5.92 Å². The Labute approximate surface area is 141 Å². The molecule has 3 heterocycles. The summed E-state index contributed by atoms with van der Waals surface area (Å²) in [7, 11) is 4.14. The quantitative estimate of drug-likeness (QED) is 0.719. The zero-order valence-electron chi connectivity index (χ0n) is 13.9. The van der Waals surface area contributed by atoms with Gasteiger partial charge in [-0.2, -0.15) is 5.10 Å². The molecule has 1 aliphatic rings. The lowest BCUT2D eigenvalue weighted by Gasteiger charge is -2.23. The van der Waals surface area contributed by atoms with E-state index >= 15 is 0 Å². The molecule has 7 heteroatoms. The molecule has 0 bridgehead atoms. The van der Waals surface area contributed by atoms with Crippen LogP contribution in [0.1, 0.15) is 10.7 Å². The summed E-state index contributed by atoms with van der Waals surface area (Å²) in [5.41, 5.74) is 1.28. The predicted octanol–water partition coefficient (Wildman–Crippen LogP) is 1.55. The summed E-state index contributed by atoms with van der Waals surface area (Å²) in [6.45, 7) is 6.29. The highest BCUT2D eigenvalue weighted by atomic mass is 32.1. The first kappa shape index (κ1) is 16.6. The molecule has 1 atom stereocenters. The minimum atomic E-state index is 0.457. The molecule has 0 amide bonds. The first-order valence-electron chi connectivity index (χ1n) is 8.04. The van der Waals surface area contributed by atoms with Gasteiger partial charge in [-0.1, -0.05) is 0 Å². The van der Waals surface area contributed by atoms with Crippen molar-refractivity contribution in [1.29, 1.82) is 0 Å². The van der Waals surface area contributed by atoms with Crippen molar-refractivity contribution in [1.82, 2.24) is 24.6 Å². The number of hydrogen-bond acceptors (Lipinski definition) is 6. The van der Waals surface area contributed by atoms with Crippen LogP contribution in [0.25, 0.3) is 0 Å². The Bertz CT molecular complexity index is 583. The lowest BCUT2D eigenvalue weighted by atomic mass is 10.1. The number of rotatable bonds is 7. The normalized spacial score (nSPS) is 19.0. The third-order valence-electron chi connectivity index (χ3n) is 4.02. The van der Waals surface area contributed by atoms with E-state index in [1.807, 2.05) is 17.8 Å². The van der Waals surface area contributed by atoms with E-state index in [4.69, 9.17) is 4.74 Å². The lowest BCUT2D eigenvalue weighted by Crippen LogP contribution is -2.30. The van der Waals surface area contributed by atoms with Gasteiger partial charge in [-0.25, -0.2) is 4.98 Å². The van der Waals surface area contributed by atoms with Gasteiger partial charge in [0.1, 0.15) is 5.01 Å². The van der Waals surface area contributed by atoms with Crippen molar-refractivity contribution in [3.63, 3.8) is 0 Å². The van der Waals surface area contributed by atoms with Gasteiger partial charge in [0.15, 0.2) is 0 Å². The summed E-state index contributed by atoms with van der Waals surface area (Å²) in [6, 6.07) is 2.12. The summed E-state index contributed by atoms with van der Waals surface area (Å²) >= 11 is 1.72. The zero-order valence-corrected chi connectivity index (χ0v) is 14.7. The van der Waals surface area contributed by atoms with Gasteiger partial charge in [0.05, 0.1) is 25.5 Å². The van der Waals surface area contributed by atoms with E-state index < -0.39 is 0 Å². The van der Waals surface area contributed by atoms with E-state index in [1.165, 1.54) is 10.7 Å². The Kier molecular flexibility index (Phi) is 5.77. The highest BCUT2D eigenvalue weighted by Crippen LogP contribution is 2.19. The summed E-state index contributed by atoms with van der Waals surface area (Å²) in [5, 5.41) is 7.68. The largest absolute Gasteiger partial charge is 0.380 e. The predicted molar refractivity (Wildman–Crippen MR) is 91.3 cm³/mol. The molecule has 0 aromatic carbocycles. The van der Waals surface area contributed by atoms with Crippen molar-refractivity contribution in [3.05, 3.63) is 34.5 Å². The molecule has 0 spiro atoms. The average Bonchev–Trinajstić information content (AvgIpc) is 3.13. The van der Waals surface area contributed by atoms with Gasteiger partial charge in [-0.05, 0) is 20.2 Å². The van der Waals surface area contributed by atoms with Crippen molar-refractivity contribution in [2.24, 2.45) is 5.92 Å². The molecule has 6 nitrogen and oxygen atoms in total. The van der Waals surface area contributed by atoms with E-state index in [1.54, 1.807) is 11.3 Å². The second-order valence-corrected chi connectivity index (χ2v) is 7.32. The second kappa shape index (κ2) is 8.01. The topological polar surface area (TPSA) is 46.4 Å². The number of likely N-dealkylation sites (N-methyl/N-ethyl adjacent to an activating group) is 1. The number of fused-ring (bicyclic) bond motifs is 1. The molecule has 2 aromatic rings. The van der Waals surface area contributed by atoms with Gasteiger partial charge >= 0.3 is 0 Å². The molecule has 0 saturated heterocycles. The van der Waals surface area contributed by atoms with Crippen molar-refractivity contribution in [2.45, 2.75) is 19.6 Å². The molecule has 23 heavy (non-hydrogen) atoms. The minimum Gasteiger partial charge on any atom is -0.380 e. The number of aromatic nitrogens is 3. The average molecular weight is 335 g/mol. The van der Waals surface area contributed by atoms with Gasteiger partial charge in [-0.15, -0.1) is 11.3 Å². The molecule has 1 aliphatic heterocycles. The Balaban J connectivity index is 1.60. The molecular weight excluding hydrogens is 310 g/mol. The van der Waals surface area contributed by atoms with Crippen LogP contribution in [-0.2, 0) is 24.4 Å². The number of hydrogen-bond donors (Lipinski definition) is 0. The van der Waals surface area contributed by atoms with Crippen LogP contribution in [0, 0.1) is 5.92 Å². The fraction of sp³-hybridized carbons (Fsp3) is 0.625. The van der Waals surface area contributed by atoms with Crippen molar-refractivity contribution >= 4 is 11.3 Å². The highest BCUT2D eigenvalue weighted by Gasteiger charge is 2.23. The van der Waals surface area contributed by atoms with Crippen molar-refractivity contribution in [3.8, 4) is 0 Å². The third kappa shape index (κ3) is 4.84. The maximum Gasteiger partial charge on any atom is 0.107 e. The second-order valence-electron chi connectivity index (χ2n) is 6.34. The van der Waals surface area contributed by atoms with Gasteiger partial charge in [0.2, 0.25) is 0 Å². The maximum atomic E-state index is 5.89. The van der Waals surface area contributed by atoms with Crippen molar-refractivity contribution < 1.29 is 4.74 Å².